The monoisotopic (exact) mass is 418 g/mol. The fraction of sp³-hybridized carbons (Fsp3) is 0.346. The van der Waals surface area contributed by atoms with Crippen molar-refractivity contribution in [2.75, 3.05) is 25.4 Å². The molecule has 4 heteroatoms. The minimum absolute atomic E-state index is 0.151. The SMILES string of the molecule is Cc1ccc(SCCNC(=O)C2CCN(Cc3cccc4ccccc34)CC2)cc1. The van der Waals surface area contributed by atoms with Gasteiger partial charge < -0.3 is 5.32 Å². The van der Waals surface area contributed by atoms with Crippen LogP contribution in [0.4, 0.5) is 0 Å². The van der Waals surface area contributed by atoms with Gasteiger partial charge in [-0.1, -0.05) is 60.2 Å². The van der Waals surface area contributed by atoms with Crippen LogP contribution in [0, 0.1) is 12.8 Å². The van der Waals surface area contributed by atoms with Gasteiger partial charge in [-0.3, -0.25) is 9.69 Å². The van der Waals surface area contributed by atoms with Crippen LogP contribution in [0.5, 0.6) is 0 Å². The minimum Gasteiger partial charge on any atom is -0.355 e. The Kier molecular flexibility index (Phi) is 7.08. The van der Waals surface area contributed by atoms with Crippen LogP contribution in [-0.2, 0) is 11.3 Å². The molecule has 4 rings (SSSR count). The highest BCUT2D eigenvalue weighted by atomic mass is 32.2. The average molecular weight is 419 g/mol. The molecular formula is C26H30N2OS. The number of hydrogen-bond acceptors (Lipinski definition) is 3. The summed E-state index contributed by atoms with van der Waals surface area (Å²) in [7, 11) is 0. The summed E-state index contributed by atoms with van der Waals surface area (Å²) in [4.78, 5) is 16.3. The number of nitrogens with one attached hydrogen (secondary N) is 1. The summed E-state index contributed by atoms with van der Waals surface area (Å²) in [5.74, 6) is 1.29. The number of fused-ring (bicyclic) bond motifs is 1. The first kappa shape index (κ1) is 21.0. The van der Waals surface area contributed by atoms with Gasteiger partial charge in [0.25, 0.3) is 0 Å². The van der Waals surface area contributed by atoms with E-state index in [1.165, 1.54) is 26.8 Å². The zero-order chi connectivity index (χ0) is 20.8. The molecule has 0 saturated carbocycles. The third kappa shape index (κ3) is 5.44. The molecule has 30 heavy (non-hydrogen) atoms. The lowest BCUT2D eigenvalue weighted by Crippen LogP contribution is -2.40. The van der Waals surface area contributed by atoms with Crippen LogP contribution >= 0.6 is 11.8 Å². The predicted octanol–water partition coefficient (Wildman–Crippen LogP) is 5.27. The summed E-state index contributed by atoms with van der Waals surface area (Å²) < 4.78 is 0. The zero-order valence-electron chi connectivity index (χ0n) is 17.6. The number of aryl methyl sites for hydroxylation is 1. The summed E-state index contributed by atoms with van der Waals surface area (Å²) in [6.07, 6.45) is 1.89. The van der Waals surface area contributed by atoms with Gasteiger partial charge in [-0.05, 0) is 61.3 Å². The van der Waals surface area contributed by atoms with Crippen LogP contribution < -0.4 is 5.32 Å². The first-order valence-corrected chi connectivity index (χ1v) is 11.8. The standard InChI is InChI=1S/C26H30N2OS/c1-20-9-11-24(12-10-20)30-18-15-27-26(29)22-13-16-28(17-14-22)19-23-7-4-6-21-5-2-3-8-25(21)23/h2-12,22H,13-19H2,1H3,(H,27,29). The Morgan fingerprint density at radius 2 is 1.73 bits per heavy atom. The third-order valence-corrected chi connectivity index (χ3v) is 6.94. The molecule has 0 aromatic heterocycles. The second-order valence-electron chi connectivity index (χ2n) is 8.14. The van der Waals surface area contributed by atoms with Crippen molar-refractivity contribution in [3.05, 3.63) is 77.9 Å². The van der Waals surface area contributed by atoms with Crippen LogP contribution in [-0.4, -0.2) is 36.2 Å². The Hall–Kier alpha value is -2.30. The second kappa shape index (κ2) is 10.1. The Balaban J connectivity index is 1.20. The number of thioether (sulfide) groups is 1. The molecule has 3 aromatic carbocycles. The Morgan fingerprint density at radius 3 is 2.53 bits per heavy atom. The van der Waals surface area contributed by atoms with Gasteiger partial charge in [0.2, 0.25) is 5.91 Å². The van der Waals surface area contributed by atoms with Crippen molar-refractivity contribution < 1.29 is 4.79 Å². The van der Waals surface area contributed by atoms with E-state index in [-0.39, 0.29) is 11.8 Å². The van der Waals surface area contributed by atoms with Crippen molar-refractivity contribution in [1.29, 1.82) is 0 Å². The van der Waals surface area contributed by atoms with Crippen molar-refractivity contribution in [3.63, 3.8) is 0 Å². The molecule has 3 aromatic rings. The van der Waals surface area contributed by atoms with E-state index in [1.807, 2.05) is 0 Å². The zero-order valence-corrected chi connectivity index (χ0v) is 18.5. The smallest absolute Gasteiger partial charge is 0.223 e. The molecular weight excluding hydrogens is 388 g/mol. The van der Waals surface area contributed by atoms with Gasteiger partial charge in [0.15, 0.2) is 0 Å². The molecule has 1 aliphatic rings. The van der Waals surface area contributed by atoms with Gasteiger partial charge in [-0.2, -0.15) is 0 Å². The van der Waals surface area contributed by atoms with Gasteiger partial charge in [-0.15, -0.1) is 11.8 Å². The van der Waals surface area contributed by atoms with Crippen molar-refractivity contribution in [1.82, 2.24) is 10.2 Å². The molecule has 0 atom stereocenters. The Labute approximate surface area is 183 Å². The van der Waals surface area contributed by atoms with Gasteiger partial charge in [0.1, 0.15) is 0 Å². The molecule has 1 amide bonds. The summed E-state index contributed by atoms with van der Waals surface area (Å²) in [5, 5.41) is 5.78. The van der Waals surface area contributed by atoms with Crippen molar-refractivity contribution in [3.8, 4) is 0 Å². The van der Waals surface area contributed by atoms with Gasteiger partial charge in [0.05, 0.1) is 0 Å². The van der Waals surface area contributed by atoms with E-state index in [9.17, 15) is 4.79 Å². The van der Waals surface area contributed by atoms with Crippen molar-refractivity contribution >= 4 is 28.4 Å². The number of nitrogens with zero attached hydrogens (tertiary/aromatic N) is 1. The van der Waals surface area contributed by atoms with Gasteiger partial charge in [0, 0.05) is 29.7 Å². The lowest BCUT2D eigenvalue weighted by molar-refractivity contribution is -0.126. The molecule has 0 radical (unpaired) electrons. The van der Waals surface area contributed by atoms with Crippen LogP contribution in [0.3, 0.4) is 0 Å². The topological polar surface area (TPSA) is 32.3 Å². The first-order valence-electron chi connectivity index (χ1n) is 10.9. The van der Waals surface area contributed by atoms with Crippen molar-refractivity contribution in [2.45, 2.75) is 31.2 Å². The summed E-state index contributed by atoms with van der Waals surface area (Å²) in [6, 6.07) is 23.7. The number of piperidine rings is 1. The second-order valence-corrected chi connectivity index (χ2v) is 9.31. The van der Waals surface area contributed by atoms with Crippen LogP contribution in [0.1, 0.15) is 24.0 Å². The van der Waals surface area contributed by atoms with E-state index >= 15 is 0 Å². The largest absolute Gasteiger partial charge is 0.355 e. The normalized spacial score (nSPS) is 15.4. The lowest BCUT2D eigenvalue weighted by atomic mass is 9.95. The molecule has 1 saturated heterocycles. The maximum Gasteiger partial charge on any atom is 0.223 e. The van der Waals surface area contributed by atoms with E-state index in [0.29, 0.717) is 0 Å². The Morgan fingerprint density at radius 1 is 1.00 bits per heavy atom. The molecule has 1 aliphatic heterocycles. The fourth-order valence-corrected chi connectivity index (χ4v) is 4.91. The number of hydrogen-bond donors (Lipinski definition) is 1. The number of likely N-dealkylation sites (tertiary alicyclic amines) is 1. The Bertz CT molecular complexity index is 972. The molecule has 1 N–H and O–H groups in total. The van der Waals surface area contributed by atoms with Crippen LogP contribution in [0.15, 0.2) is 71.6 Å². The number of benzene rings is 3. The maximum absolute atomic E-state index is 12.6. The van der Waals surface area contributed by atoms with E-state index in [1.54, 1.807) is 11.8 Å². The molecule has 0 aliphatic carbocycles. The van der Waals surface area contributed by atoms with E-state index in [2.05, 4.69) is 83.9 Å². The van der Waals surface area contributed by atoms with Crippen molar-refractivity contribution in [2.24, 2.45) is 5.92 Å². The van der Waals surface area contributed by atoms with E-state index in [4.69, 9.17) is 0 Å². The number of carbonyl (C=O) groups excluding carboxylic acids is 1. The molecule has 1 fully saturated rings. The first-order chi connectivity index (χ1) is 14.7. The van der Waals surface area contributed by atoms with Crippen LogP contribution in [0.25, 0.3) is 10.8 Å². The summed E-state index contributed by atoms with van der Waals surface area (Å²) in [5.41, 5.74) is 2.66. The number of carbonyl (C=O) groups is 1. The third-order valence-electron chi connectivity index (χ3n) is 5.92. The predicted molar refractivity (Wildman–Crippen MR) is 127 cm³/mol. The highest BCUT2D eigenvalue weighted by molar-refractivity contribution is 7.99. The highest BCUT2D eigenvalue weighted by Crippen LogP contribution is 2.24. The quantitative estimate of drug-likeness (QED) is 0.419. The maximum atomic E-state index is 12.6. The summed E-state index contributed by atoms with van der Waals surface area (Å²) in [6.45, 7) is 5.76. The molecule has 0 bridgehead atoms. The molecule has 0 unspecified atom stereocenters. The van der Waals surface area contributed by atoms with Crippen LogP contribution in [0.2, 0.25) is 0 Å². The molecule has 1 heterocycles. The molecule has 3 nitrogen and oxygen atoms in total. The fourth-order valence-electron chi connectivity index (χ4n) is 4.15. The number of amides is 1. The molecule has 156 valence electrons. The van der Waals surface area contributed by atoms with Gasteiger partial charge >= 0.3 is 0 Å². The number of rotatable bonds is 7. The average Bonchev–Trinajstić information content (AvgIpc) is 2.78. The molecule has 0 spiro atoms. The summed E-state index contributed by atoms with van der Waals surface area (Å²) >= 11 is 1.80. The lowest BCUT2D eigenvalue weighted by Gasteiger charge is -2.31. The van der Waals surface area contributed by atoms with Gasteiger partial charge in [-0.25, -0.2) is 0 Å². The minimum atomic E-state index is 0.151. The van der Waals surface area contributed by atoms with E-state index in [0.717, 1.165) is 44.8 Å². The van der Waals surface area contributed by atoms with E-state index < -0.39 is 0 Å². The highest BCUT2D eigenvalue weighted by Gasteiger charge is 2.24.